The summed E-state index contributed by atoms with van der Waals surface area (Å²) in [4.78, 5) is 71.1. The molecule has 0 heterocycles. The molecule has 4 amide bonds. The van der Waals surface area contributed by atoms with Crippen molar-refractivity contribution < 1.29 is 39.0 Å². The van der Waals surface area contributed by atoms with Gasteiger partial charge >= 0.3 is 11.9 Å². The third kappa shape index (κ3) is 12.7. The molecule has 0 bridgehead atoms. The van der Waals surface area contributed by atoms with Gasteiger partial charge in [0, 0.05) is 0 Å². The lowest BCUT2D eigenvalue weighted by Gasteiger charge is -2.26. The monoisotopic (exact) mass is 488 g/mol. The molecule has 0 aromatic rings. The molecule has 0 aliphatic heterocycles. The number of nitrogens with one attached hydrogen (secondary N) is 3. The van der Waals surface area contributed by atoms with Gasteiger partial charge in [-0.25, -0.2) is 4.79 Å². The van der Waals surface area contributed by atoms with Crippen molar-refractivity contribution in [2.45, 2.75) is 76.5 Å². The molecular weight excluding hydrogens is 452 g/mol. The standard InChI is InChI=1S/C20H36N6O8/c1-10(2)7-13(19(32)26-14(20(33)34)9-16(28)29)25-18(31)12(5-3-4-6-21)24-17(30)11(22)8-15(23)27/h10-14H,3-9,21-22H2,1-2H3,(H2,23,27)(H,24,30)(H,25,31)(H,26,32)(H,28,29)(H,33,34). The number of aliphatic carboxylic acids is 2. The van der Waals surface area contributed by atoms with Gasteiger partial charge in [-0.2, -0.15) is 0 Å². The second-order valence-corrected chi connectivity index (χ2v) is 8.31. The van der Waals surface area contributed by atoms with Crippen molar-refractivity contribution in [3.8, 4) is 0 Å². The minimum atomic E-state index is -1.69. The molecule has 0 radical (unpaired) electrons. The van der Waals surface area contributed by atoms with Crippen LogP contribution in [0.25, 0.3) is 0 Å². The summed E-state index contributed by atoms with van der Waals surface area (Å²) in [6.07, 6.45) is 0.00593. The second-order valence-electron chi connectivity index (χ2n) is 8.31. The Bertz CT molecular complexity index is 745. The molecule has 4 unspecified atom stereocenters. The number of carbonyl (C=O) groups is 6. The Hall–Kier alpha value is -3.26. The molecular formula is C20H36N6O8. The van der Waals surface area contributed by atoms with Crippen molar-refractivity contribution in [3.63, 3.8) is 0 Å². The fraction of sp³-hybridized carbons (Fsp3) is 0.700. The first-order valence-electron chi connectivity index (χ1n) is 10.9. The van der Waals surface area contributed by atoms with Gasteiger partial charge in [-0.3, -0.25) is 24.0 Å². The van der Waals surface area contributed by atoms with Gasteiger partial charge in [-0.15, -0.1) is 0 Å². The van der Waals surface area contributed by atoms with Crippen molar-refractivity contribution >= 4 is 35.6 Å². The zero-order chi connectivity index (χ0) is 26.4. The van der Waals surface area contributed by atoms with E-state index < -0.39 is 72.6 Å². The lowest BCUT2D eigenvalue weighted by atomic mass is 10.0. The van der Waals surface area contributed by atoms with E-state index >= 15 is 0 Å². The Labute approximate surface area is 197 Å². The predicted molar refractivity (Wildman–Crippen MR) is 120 cm³/mol. The van der Waals surface area contributed by atoms with Gasteiger partial charge in [0.25, 0.3) is 0 Å². The normalized spacial score (nSPS) is 14.4. The van der Waals surface area contributed by atoms with Gasteiger partial charge in [0.1, 0.15) is 18.1 Å². The number of unbranched alkanes of at least 4 members (excludes halogenated alkanes) is 1. The zero-order valence-electron chi connectivity index (χ0n) is 19.4. The number of primary amides is 1. The maximum Gasteiger partial charge on any atom is 0.326 e. The number of rotatable bonds is 17. The molecule has 0 aliphatic rings. The predicted octanol–water partition coefficient (Wildman–Crippen LogP) is -2.62. The fourth-order valence-corrected chi connectivity index (χ4v) is 2.97. The summed E-state index contributed by atoms with van der Waals surface area (Å²) >= 11 is 0. The van der Waals surface area contributed by atoms with Crippen molar-refractivity contribution in [1.29, 1.82) is 0 Å². The first-order valence-corrected chi connectivity index (χ1v) is 10.9. The Morgan fingerprint density at radius 2 is 1.32 bits per heavy atom. The molecule has 11 N–H and O–H groups in total. The Kier molecular flexibility index (Phi) is 14.1. The molecule has 14 heteroatoms. The molecule has 34 heavy (non-hydrogen) atoms. The maximum atomic E-state index is 12.9. The van der Waals surface area contributed by atoms with Gasteiger partial charge in [0.05, 0.1) is 18.9 Å². The van der Waals surface area contributed by atoms with Crippen LogP contribution in [0.1, 0.15) is 52.4 Å². The van der Waals surface area contributed by atoms with Crippen LogP contribution in [0, 0.1) is 5.92 Å². The quantitative estimate of drug-likeness (QED) is 0.0988. The number of hydrogen-bond acceptors (Lipinski definition) is 8. The maximum absolute atomic E-state index is 12.9. The molecule has 14 nitrogen and oxygen atoms in total. The van der Waals surface area contributed by atoms with Crippen LogP contribution in [0.3, 0.4) is 0 Å². The SMILES string of the molecule is CC(C)CC(NC(=O)C(CCCCN)NC(=O)C(N)CC(N)=O)C(=O)NC(CC(=O)O)C(=O)O. The topological polar surface area (TPSA) is 257 Å². The zero-order valence-corrected chi connectivity index (χ0v) is 19.4. The molecule has 0 aliphatic carbocycles. The van der Waals surface area contributed by atoms with Crippen LogP contribution in [-0.2, 0) is 28.8 Å². The summed E-state index contributed by atoms with van der Waals surface area (Å²) in [5, 5.41) is 25.1. The van der Waals surface area contributed by atoms with Crippen LogP contribution >= 0.6 is 0 Å². The number of carbonyl (C=O) groups excluding carboxylic acids is 4. The molecule has 0 aromatic heterocycles. The second kappa shape index (κ2) is 15.6. The number of carboxylic acids is 2. The molecule has 0 spiro atoms. The lowest BCUT2D eigenvalue weighted by Crippen LogP contribution is -2.57. The van der Waals surface area contributed by atoms with Gasteiger partial charge in [0.2, 0.25) is 23.6 Å². The van der Waals surface area contributed by atoms with E-state index in [-0.39, 0.29) is 18.8 Å². The average molecular weight is 489 g/mol. The van der Waals surface area contributed by atoms with Crippen LogP contribution in [0.2, 0.25) is 0 Å². The van der Waals surface area contributed by atoms with E-state index in [1.165, 1.54) is 0 Å². The van der Waals surface area contributed by atoms with Crippen LogP contribution in [0.5, 0.6) is 0 Å². The van der Waals surface area contributed by atoms with E-state index in [1.54, 1.807) is 13.8 Å². The molecule has 0 saturated carbocycles. The Balaban J connectivity index is 5.54. The number of amides is 4. The third-order valence-corrected chi connectivity index (χ3v) is 4.67. The highest BCUT2D eigenvalue weighted by Crippen LogP contribution is 2.09. The molecule has 0 aromatic carbocycles. The summed E-state index contributed by atoms with van der Waals surface area (Å²) in [5.41, 5.74) is 16.1. The summed E-state index contributed by atoms with van der Waals surface area (Å²) in [7, 11) is 0. The molecule has 194 valence electrons. The number of nitrogens with two attached hydrogens (primary N) is 3. The Morgan fingerprint density at radius 3 is 1.79 bits per heavy atom. The minimum Gasteiger partial charge on any atom is -0.481 e. The highest BCUT2D eigenvalue weighted by Gasteiger charge is 2.31. The highest BCUT2D eigenvalue weighted by atomic mass is 16.4. The third-order valence-electron chi connectivity index (χ3n) is 4.67. The van der Waals surface area contributed by atoms with Crippen molar-refractivity contribution in [2.24, 2.45) is 23.1 Å². The van der Waals surface area contributed by atoms with Crippen LogP contribution in [-0.4, -0.2) is 76.5 Å². The van der Waals surface area contributed by atoms with E-state index in [9.17, 15) is 33.9 Å². The average Bonchev–Trinajstić information content (AvgIpc) is 2.70. The molecule has 0 rings (SSSR count). The summed E-state index contributed by atoms with van der Waals surface area (Å²) in [5.74, 6) is -6.27. The van der Waals surface area contributed by atoms with Crippen molar-refractivity contribution in [3.05, 3.63) is 0 Å². The molecule has 0 fully saturated rings. The van der Waals surface area contributed by atoms with Gasteiger partial charge < -0.3 is 43.4 Å². The minimum absolute atomic E-state index is 0.104. The molecule has 0 saturated heterocycles. The van der Waals surface area contributed by atoms with Crippen LogP contribution in [0.4, 0.5) is 0 Å². The van der Waals surface area contributed by atoms with Gasteiger partial charge in [-0.1, -0.05) is 13.8 Å². The van der Waals surface area contributed by atoms with Crippen LogP contribution in [0.15, 0.2) is 0 Å². The smallest absolute Gasteiger partial charge is 0.326 e. The van der Waals surface area contributed by atoms with Crippen molar-refractivity contribution in [2.75, 3.05) is 6.54 Å². The number of hydrogen-bond donors (Lipinski definition) is 8. The summed E-state index contributed by atoms with van der Waals surface area (Å²) < 4.78 is 0. The summed E-state index contributed by atoms with van der Waals surface area (Å²) in [6.45, 7) is 3.88. The van der Waals surface area contributed by atoms with E-state index in [4.69, 9.17) is 22.3 Å². The lowest BCUT2D eigenvalue weighted by molar-refractivity contribution is -0.147. The van der Waals surface area contributed by atoms with Crippen LogP contribution < -0.4 is 33.2 Å². The van der Waals surface area contributed by atoms with E-state index in [0.29, 0.717) is 19.4 Å². The van der Waals surface area contributed by atoms with E-state index in [1.807, 2.05) is 0 Å². The molecule has 4 atom stereocenters. The number of carboxylic acid groups (broad SMARTS) is 2. The van der Waals surface area contributed by atoms with Gasteiger partial charge in [-0.05, 0) is 38.1 Å². The fourth-order valence-electron chi connectivity index (χ4n) is 2.97. The summed E-state index contributed by atoms with van der Waals surface area (Å²) in [6, 6.07) is -5.28. The first-order chi connectivity index (χ1) is 15.8. The van der Waals surface area contributed by atoms with Crippen molar-refractivity contribution in [1.82, 2.24) is 16.0 Å². The van der Waals surface area contributed by atoms with Gasteiger partial charge in [0.15, 0.2) is 0 Å². The van der Waals surface area contributed by atoms with E-state index in [0.717, 1.165) is 0 Å². The highest BCUT2D eigenvalue weighted by molar-refractivity contribution is 5.95. The first kappa shape index (κ1) is 30.7. The Morgan fingerprint density at radius 1 is 0.794 bits per heavy atom. The van der Waals surface area contributed by atoms with E-state index in [2.05, 4.69) is 16.0 Å². The largest absolute Gasteiger partial charge is 0.481 e.